The molecule has 152 valence electrons. The van der Waals surface area contributed by atoms with Crippen molar-refractivity contribution < 1.29 is 33.4 Å². The first-order valence-corrected chi connectivity index (χ1v) is 9.24. The Kier molecular flexibility index (Phi) is 5.53. The van der Waals surface area contributed by atoms with Crippen molar-refractivity contribution >= 4 is 23.5 Å². The normalized spacial score (nSPS) is 25.5. The number of Topliss-reactive ketones (excluding diaryl/α,β-unsaturated/α-hetero) is 2. The Labute approximate surface area is 168 Å². The third-order valence-electron chi connectivity index (χ3n) is 5.42. The van der Waals surface area contributed by atoms with Crippen LogP contribution in [0.4, 0.5) is 0 Å². The first kappa shape index (κ1) is 20.7. The molecule has 7 heteroatoms. The number of esters is 2. The van der Waals surface area contributed by atoms with Crippen molar-refractivity contribution in [1.29, 1.82) is 0 Å². The summed E-state index contributed by atoms with van der Waals surface area (Å²) in [6.07, 6.45) is 1.80. The monoisotopic (exact) mass is 398 g/mol. The molecule has 0 N–H and O–H groups in total. The van der Waals surface area contributed by atoms with Gasteiger partial charge >= 0.3 is 11.9 Å². The van der Waals surface area contributed by atoms with Crippen LogP contribution >= 0.6 is 0 Å². The fraction of sp³-hybridized carbons (Fsp3) is 0.364. The van der Waals surface area contributed by atoms with E-state index >= 15 is 0 Å². The van der Waals surface area contributed by atoms with E-state index in [-0.39, 0.29) is 36.8 Å². The molecule has 2 unspecified atom stereocenters. The highest BCUT2D eigenvalue weighted by atomic mass is 16.6. The topological polar surface area (TPSA) is 96.0 Å². The zero-order valence-corrected chi connectivity index (χ0v) is 16.4. The number of ether oxygens (including phenoxy) is 3. The molecule has 1 aromatic rings. The molecule has 1 aromatic carbocycles. The molecule has 2 bridgehead atoms. The van der Waals surface area contributed by atoms with Gasteiger partial charge in [-0.15, -0.1) is 6.58 Å². The first-order valence-electron chi connectivity index (χ1n) is 9.24. The summed E-state index contributed by atoms with van der Waals surface area (Å²) in [7, 11) is 2.29. The van der Waals surface area contributed by atoms with Gasteiger partial charge in [0, 0.05) is 12.8 Å². The van der Waals surface area contributed by atoms with Crippen LogP contribution in [-0.2, 0) is 39.0 Å². The molecule has 0 aromatic heterocycles. The smallest absolute Gasteiger partial charge is 0.338 e. The third kappa shape index (κ3) is 2.93. The Morgan fingerprint density at radius 1 is 1.10 bits per heavy atom. The molecular weight excluding hydrogens is 376 g/mol. The molecule has 2 aliphatic heterocycles. The van der Waals surface area contributed by atoms with Gasteiger partial charge in [0.15, 0.2) is 11.6 Å². The zero-order chi connectivity index (χ0) is 21.2. The van der Waals surface area contributed by atoms with Crippen molar-refractivity contribution in [3.63, 3.8) is 0 Å². The minimum atomic E-state index is -2.20. The molecule has 29 heavy (non-hydrogen) atoms. The molecule has 2 atom stereocenters. The zero-order valence-electron chi connectivity index (χ0n) is 16.4. The number of rotatable bonds is 7. The average Bonchev–Trinajstić information content (AvgIpc) is 3.03. The van der Waals surface area contributed by atoms with E-state index in [4.69, 9.17) is 14.2 Å². The van der Waals surface area contributed by atoms with Crippen LogP contribution in [0.15, 0.2) is 54.1 Å². The van der Waals surface area contributed by atoms with E-state index in [1.165, 1.54) is 13.2 Å². The second kappa shape index (κ2) is 7.75. The van der Waals surface area contributed by atoms with Gasteiger partial charge in [-0.05, 0) is 18.4 Å². The number of carbonyl (C=O) groups is 4. The van der Waals surface area contributed by atoms with Crippen molar-refractivity contribution in [3.05, 3.63) is 59.7 Å². The number of allylic oxidation sites excluding steroid dienone is 1. The molecule has 7 nitrogen and oxygen atoms in total. The summed E-state index contributed by atoms with van der Waals surface area (Å²) in [6.45, 7) is 3.59. The Bertz CT molecular complexity index is 914. The van der Waals surface area contributed by atoms with Crippen LogP contribution < -0.4 is 0 Å². The molecule has 2 aliphatic rings. The van der Waals surface area contributed by atoms with E-state index in [2.05, 4.69) is 6.58 Å². The van der Waals surface area contributed by atoms with E-state index in [0.717, 1.165) is 7.11 Å². The summed E-state index contributed by atoms with van der Waals surface area (Å²) in [5.41, 5.74) is -3.65. The maximum Gasteiger partial charge on any atom is 0.338 e. The van der Waals surface area contributed by atoms with E-state index in [1.54, 1.807) is 30.3 Å². The van der Waals surface area contributed by atoms with Crippen LogP contribution in [0.2, 0.25) is 0 Å². The number of hydrogen-bond acceptors (Lipinski definition) is 7. The van der Waals surface area contributed by atoms with Crippen LogP contribution in [0.25, 0.3) is 0 Å². The average molecular weight is 398 g/mol. The minimum Gasteiger partial charge on any atom is -0.466 e. The van der Waals surface area contributed by atoms with Crippen molar-refractivity contribution in [2.24, 2.45) is 0 Å². The quantitative estimate of drug-likeness (QED) is 0.395. The standard InChI is InChI=1S/C22H22O7/c1-4-5-11-15(23)22-16(24)12-13-21(29-22,14-9-7-6-8-10-14)17(19(25)27-2)18(22)20(26)28-3/h4,6-10H,1,5,11-13H2,2-3H3. The second-order valence-electron chi connectivity index (χ2n) is 6.88. The van der Waals surface area contributed by atoms with Gasteiger partial charge in [-0.25, -0.2) is 9.59 Å². The number of carbonyl (C=O) groups excluding carboxylic acids is 4. The van der Waals surface area contributed by atoms with Crippen molar-refractivity contribution in [2.75, 3.05) is 14.2 Å². The third-order valence-corrected chi connectivity index (χ3v) is 5.42. The summed E-state index contributed by atoms with van der Waals surface area (Å²) in [5.74, 6) is -2.99. The fourth-order valence-electron chi connectivity index (χ4n) is 4.11. The lowest BCUT2D eigenvalue weighted by molar-refractivity contribution is -0.178. The van der Waals surface area contributed by atoms with Gasteiger partial charge in [-0.2, -0.15) is 0 Å². The van der Waals surface area contributed by atoms with Crippen LogP contribution in [0, 0.1) is 0 Å². The molecule has 0 saturated carbocycles. The Morgan fingerprint density at radius 2 is 1.72 bits per heavy atom. The van der Waals surface area contributed by atoms with Crippen LogP contribution in [0.1, 0.15) is 31.2 Å². The van der Waals surface area contributed by atoms with E-state index in [1.807, 2.05) is 0 Å². The van der Waals surface area contributed by atoms with Gasteiger partial charge in [0.25, 0.3) is 0 Å². The molecule has 1 saturated heterocycles. The lowest BCUT2D eigenvalue weighted by atomic mass is 9.81. The molecule has 2 heterocycles. The van der Waals surface area contributed by atoms with Gasteiger partial charge in [-0.3, -0.25) is 9.59 Å². The number of hydrogen-bond donors (Lipinski definition) is 0. The predicted molar refractivity (Wildman–Crippen MR) is 102 cm³/mol. The summed E-state index contributed by atoms with van der Waals surface area (Å²) in [5, 5.41) is 0. The van der Waals surface area contributed by atoms with Gasteiger partial charge in [-0.1, -0.05) is 36.4 Å². The number of benzene rings is 1. The predicted octanol–water partition coefficient (Wildman–Crippen LogP) is 2.19. The van der Waals surface area contributed by atoms with Gasteiger partial charge < -0.3 is 14.2 Å². The van der Waals surface area contributed by atoms with Gasteiger partial charge in [0.1, 0.15) is 5.60 Å². The lowest BCUT2D eigenvalue weighted by Crippen LogP contribution is -2.55. The highest BCUT2D eigenvalue weighted by Gasteiger charge is 2.69. The van der Waals surface area contributed by atoms with Crippen LogP contribution in [-0.4, -0.2) is 43.3 Å². The first-order chi connectivity index (χ1) is 13.9. The van der Waals surface area contributed by atoms with Gasteiger partial charge in [0.2, 0.25) is 5.60 Å². The molecule has 1 fully saturated rings. The maximum atomic E-state index is 13.2. The Balaban J connectivity index is 2.36. The maximum absolute atomic E-state index is 13.2. The van der Waals surface area contributed by atoms with Crippen LogP contribution in [0.3, 0.4) is 0 Å². The number of fused-ring (bicyclic) bond motifs is 2. The molecule has 0 spiro atoms. The Morgan fingerprint density at radius 3 is 2.31 bits per heavy atom. The summed E-state index contributed by atoms with van der Waals surface area (Å²) in [4.78, 5) is 51.9. The molecule has 0 amide bonds. The van der Waals surface area contributed by atoms with E-state index in [9.17, 15) is 19.2 Å². The molecule has 3 rings (SSSR count). The molecular formula is C22H22O7. The van der Waals surface area contributed by atoms with Crippen LogP contribution in [0.5, 0.6) is 0 Å². The summed E-state index contributed by atoms with van der Waals surface area (Å²) in [6, 6.07) is 8.72. The van der Waals surface area contributed by atoms with Crippen molar-refractivity contribution in [1.82, 2.24) is 0 Å². The SMILES string of the molecule is C=CCCC(=O)C12OC(c3ccccc3)(CCC1=O)C(C(=O)OC)=C2C(=O)OC. The van der Waals surface area contributed by atoms with Crippen molar-refractivity contribution in [2.45, 2.75) is 36.9 Å². The molecule has 0 radical (unpaired) electrons. The Hall–Kier alpha value is -3.06. The lowest BCUT2D eigenvalue weighted by Gasteiger charge is -2.40. The van der Waals surface area contributed by atoms with Crippen molar-refractivity contribution in [3.8, 4) is 0 Å². The second-order valence-corrected chi connectivity index (χ2v) is 6.88. The highest BCUT2D eigenvalue weighted by molar-refractivity contribution is 6.23. The number of ketones is 2. The van der Waals surface area contributed by atoms with Gasteiger partial charge in [0.05, 0.1) is 25.4 Å². The highest BCUT2D eigenvalue weighted by Crippen LogP contribution is 2.56. The molecule has 0 aliphatic carbocycles. The van der Waals surface area contributed by atoms with E-state index < -0.39 is 34.7 Å². The van der Waals surface area contributed by atoms with E-state index in [0.29, 0.717) is 5.56 Å². The number of methoxy groups -OCH3 is 2. The summed E-state index contributed by atoms with van der Waals surface area (Å²) < 4.78 is 16.0. The fourth-order valence-corrected chi connectivity index (χ4v) is 4.11. The summed E-state index contributed by atoms with van der Waals surface area (Å²) >= 11 is 0. The largest absolute Gasteiger partial charge is 0.466 e. The minimum absolute atomic E-state index is 0.0459.